The van der Waals surface area contributed by atoms with Crippen molar-refractivity contribution in [2.45, 2.75) is 25.7 Å². The normalized spacial score (nSPS) is 13.9. The second-order valence-electron chi connectivity index (χ2n) is 5.97. The first-order chi connectivity index (χ1) is 12.4. The topological polar surface area (TPSA) is 54.5 Å². The van der Waals surface area contributed by atoms with Crippen molar-refractivity contribution in [3.63, 3.8) is 0 Å². The van der Waals surface area contributed by atoms with E-state index in [9.17, 15) is 18.0 Å². The van der Waals surface area contributed by atoms with Crippen molar-refractivity contribution in [2.24, 2.45) is 0 Å². The Kier molecular flexibility index (Phi) is 5.29. The van der Waals surface area contributed by atoms with E-state index in [0.29, 0.717) is 18.7 Å². The highest BCUT2D eigenvalue weighted by molar-refractivity contribution is 5.74. The molecule has 0 spiro atoms. The number of amides is 2. The van der Waals surface area contributed by atoms with Crippen molar-refractivity contribution in [2.75, 3.05) is 13.2 Å². The Morgan fingerprint density at radius 3 is 2.73 bits per heavy atom. The highest BCUT2D eigenvalue weighted by atomic mass is 19.4. The fraction of sp³-hybridized carbons (Fsp3) is 0.333. The van der Waals surface area contributed by atoms with Gasteiger partial charge in [-0.05, 0) is 23.6 Å². The summed E-state index contributed by atoms with van der Waals surface area (Å²) >= 11 is 0. The van der Waals surface area contributed by atoms with Gasteiger partial charge in [-0.1, -0.05) is 30.3 Å². The third-order valence-corrected chi connectivity index (χ3v) is 4.07. The van der Waals surface area contributed by atoms with Crippen LogP contribution in [0.2, 0.25) is 0 Å². The van der Waals surface area contributed by atoms with E-state index in [2.05, 4.69) is 10.3 Å². The Morgan fingerprint density at radius 1 is 1.19 bits per heavy atom. The van der Waals surface area contributed by atoms with Gasteiger partial charge in [0.2, 0.25) is 5.88 Å². The van der Waals surface area contributed by atoms with Crippen molar-refractivity contribution in [1.29, 1.82) is 0 Å². The molecule has 1 aliphatic heterocycles. The fourth-order valence-electron chi connectivity index (χ4n) is 2.79. The molecule has 1 N–H and O–H groups in total. The van der Waals surface area contributed by atoms with E-state index in [-0.39, 0.29) is 18.5 Å². The molecule has 2 amide bonds. The molecule has 138 valence electrons. The van der Waals surface area contributed by atoms with Gasteiger partial charge < -0.3 is 15.0 Å². The van der Waals surface area contributed by atoms with Gasteiger partial charge in [0, 0.05) is 31.4 Å². The molecule has 1 aromatic heterocycles. The summed E-state index contributed by atoms with van der Waals surface area (Å²) in [5, 5.41) is 2.72. The van der Waals surface area contributed by atoms with Crippen LogP contribution >= 0.6 is 0 Å². The molecular weight excluding hydrogens is 347 g/mol. The molecular formula is C18H18F3N3O2. The molecule has 0 saturated carbocycles. The van der Waals surface area contributed by atoms with Gasteiger partial charge in [0.05, 0.1) is 0 Å². The average Bonchev–Trinajstić information content (AvgIpc) is 2.64. The lowest BCUT2D eigenvalue weighted by Crippen LogP contribution is -2.42. The van der Waals surface area contributed by atoms with Gasteiger partial charge >= 0.3 is 12.2 Å². The monoisotopic (exact) mass is 365 g/mol. The van der Waals surface area contributed by atoms with Crippen LogP contribution in [0.1, 0.15) is 16.7 Å². The molecule has 0 radical (unpaired) electrons. The minimum absolute atomic E-state index is 0.0397. The Bertz CT molecular complexity index is 780. The fourth-order valence-corrected chi connectivity index (χ4v) is 2.79. The second kappa shape index (κ2) is 7.63. The zero-order valence-electron chi connectivity index (χ0n) is 13.9. The van der Waals surface area contributed by atoms with Crippen LogP contribution in [-0.4, -0.2) is 35.2 Å². The van der Waals surface area contributed by atoms with Gasteiger partial charge in [-0.2, -0.15) is 13.2 Å². The first-order valence-electron chi connectivity index (χ1n) is 8.15. The smallest absolute Gasteiger partial charge is 0.422 e. The van der Waals surface area contributed by atoms with Crippen LogP contribution in [0.15, 0.2) is 42.6 Å². The van der Waals surface area contributed by atoms with Crippen LogP contribution in [0.4, 0.5) is 18.0 Å². The highest BCUT2D eigenvalue weighted by Crippen LogP contribution is 2.21. The first-order valence-corrected chi connectivity index (χ1v) is 8.15. The molecule has 0 unspecified atom stereocenters. The molecule has 0 bridgehead atoms. The van der Waals surface area contributed by atoms with E-state index >= 15 is 0 Å². The van der Waals surface area contributed by atoms with E-state index in [1.54, 1.807) is 17.0 Å². The largest absolute Gasteiger partial charge is 0.468 e. The lowest BCUT2D eigenvalue weighted by atomic mass is 10.0. The van der Waals surface area contributed by atoms with Gasteiger partial charge in [-0.25, -0.2) is 9.78 Å². The number of rotatable bonds is 4. The van der Waals surface area contributed by atoms with Gasteiger partial charge in [-0.15, -0.1) is 0 Å². The number of fused-ring (bicyclic) bond motifs is 1. The van der Waals surface area contributed by atoms with Crippen molar-refractivity contribution in [3.05, 3.63) is 59.3 Å². The summed E-state index contributed by atoms with van der Waals surface area (Å²) in [5.74, 6) is -0.130. The summed E-state index contributed by atoms with van der Waals surface area (Å²) in [6.45, 7) is -0.286. The second-order valence-corrected chi connectivity index (χ2v) is 5.97. The number of urea groups is 1. The number of alkyl halides is 3. The number of aromatic nitrogens is 1. The summed E-state index contributed by atoms with van der Waals surface area (Å²) < 4.78 is 41.7. The number of halogens is 3. The third-order valence-electron chi connectivity index (χ3n) is 4.07. The Morgan fingerprint density at radius 2 is 1.96 bits per heavy atom. The Labute approximate surface area is 148 Å². The number of hydrogen-bond donors (Lipinski definition) is 1. The van der Waals surface area contributed by atoms with Crippen LogP contribution in [0.5, 0.6) is 5.88 Å². The van der Waals surface area contributed by atoms with Crippen molar-refractivity contribution in [1.82, 2.24) is 15.2 Å². The van der Waals surface area contributed by atoms with Crippen LogP contribution in [-0.2, 0) is 19.5 Å². The molecule has 2 heterocycles. The number of pyridine rings is 1. The first kappa shape index (κ1) is 18.0. The van der Waals surface area contributed by atoms with Crippen LogP contribution in [0.25, 0.3) is 0 Å². The van der Waals surface area contributed by atoms with E-state index in [4.69, 9.17) is 4.74 Å². The molecule has 0 fully saturated rings. The summed E-state index contributed by atoms with van der Waals surface area (Å²) in [7, 11) is 0. The van der Waals surface area contributed by atoms with E-state index in [1.165, 1.54) is 11.8 Å². The molecule has 1 aliphatic rings. The molecule has 3 rings (SSSR count). The summed E-state index contributed by atoms with van der Waals surface area (Å²) in [5.41, 5.74) is 2.72. The molecule has 0 saturated heterocycles. The number of nitrogens with one attached hydrogen (secondary N) is 1. The maximum atomic E-state index is 12.4. The molecule has 0 atom stereocenters. The number of carbonyl (C=O) groups is 1. The van der Waals surface area contributed by atoms with Crippen molar-refractivity contribution in [3.8, 4) is 5.88 Å². The molecule has 26 heavy (non-hydrogen) atoms. The van der Waals surface area contributed by atoms with Gasteiger partial charge in [0.1, 0.15) is 0 Å². The summed E-state index contributed by atoms with van der Waals surface area (Å²) in [6, 6.07) is 10.8. The van der Waals surface area contributed by atoms with Crippen LogP contribution in [0, 0.1) is 0 Å². The zero-order valence-corrected chi connectivity index (χ0v) is 13.9. The van der Waals surface area contributed by atoms with E-state index < -0.39 is 12.8 Å². The number of benzene rings is 1. The predicted octanol–water partition coefficient (Wildman–Crippen LogP) is 3.29. The van der Waals surface area contributed by atoms with E-state index in [0.717, 1.165) is 12.0 Å². The minimum Gasteiger partial charge on any atom is -0.468 e. The van der Waals surface area contributed by atoms with Gasteiger partial charge in [-0.3, -0.25) is 0 Å². The zero-order chi connectivity index (χ0) is 18.6. The Balaban J connectivity index is 1.58. The standard InChI is InChI=1S/C18H18F3N3O2/c19-18(20,21)12-26-16-14(6-3-8-22-16)10-23-17(25)24-9-7-13-4-1-2-5-15(13)11-24/h1-6,8H,7,9-12H2,(H,23,25). The maximum Gasteiger partial charge on any atom is 0.422 e. The van der Waals surface area contributed by atoms with Crippen molar-refractivity contribution < 1.29 is 22.7 Å². The molecule has 0 aliphatic carbocycles. The summed E-state index contributed by atoms with van der Waals surface area (Å²) in [6.07, 6.45) is -2.33. The van der Waals surface area contributed by atoms with E-state index in [1.807, 2.05) is 24.3 Å². The molecule has 1 aromatic carbocycles. The van der Waals surface area contributed by atoms with Crippen molar-refractivity contribution >= 4 is 6.03 Å². The summed E-state index contributed by atoms with van der Waals surface area (Å²) in [4.78, 5) is 17.9. The van der Waals surface area contributed by atoms with Gasteiger partial charge in [0.25, 0.3) is 0 Å². The van der Waals surface area contributed by atoms with Gasteiger partial charge in [0.15, 0.2) is 6.61 Å². The predicted molar refractivity (Wildman–Crippen MR) is 88.6 cm³/mol. The van der Waals surface area contributed by atoms with Crippen LogP contribution in [0.3, 0.4) is 0 Å². The number of hydrogen-bond acceptors (Lipinski definition) is 3. The quantitative estimate of drug-likeness (QED) is 0.905. The number of carbonyl (C=O) groups excluding carboxylic acids is 1. The lowest BCUT2D eigenvalue weighted by Gasteiger charge is -2.29. The van der Waals surface area contributed by atoms with Crippen LogP contribution < -0.4 is 10.1 Å². The maximum absolute atomic E-state index is 12.4. The number of ether oxygens (including phenoxy) is 1. The molecule has 8 heteroatoms. The Hall–Kier alpha value is -2.77. The third kappa shape index (κ3) is 4.65. The molecule has 5 nitrogen and oxygen atoms in total. The lowest BCUT2D eigenvalue weighted by molar-refractivity contribution is -0.154. The SMILES string of the molecule is O=C(NCc1cccnc1OCC(F)(F)F)N1CCc2ccccc2C1. The average molecular weight is 365 g/mol. The molecule has 2 aromatic rings. The highest BCUT2D eigenvalue weighted by Gasteiger charge is 2.29. The minimum atomic E-state index is -4.45. The number of nitrogens with zero attached hydrogens (tertiary/aromatic N) is 2.